The van der Waals surface area contributed by atoms with Crippen molar-refractivity contribution in [3.8, 4) is 0 Å². The highest BCUT2D eigenvalue weighted by Crippen LogP contribution is 2.20. The Kier molecular flexibility index (Phi) is 5.80. The average Bonchev–Trinajstić information content (AvgIpc) is 2.60. The number of benzene rings is 2. The van der Waals surface area contributed by atoms with E-state index in [1.165, 1.54) is 4.90 Å². The zero-order chi connectivity index (χ0) is 18.6. The molecule has 0 saturated carbocycles. The van der Waals surface area contributed by atoms with Crippen molar-refractivity contribution in [2.24, 2.45) is 0 Å². The molecule has 0 heterocycles. The molecule has 0 aliphatic carbocycles. The fraction of sp³-hybridized carbons (Fsp3) is 0.222. The van der Waals surface area contributed by atoms with Gasteiger partial charge in [-0.3, -0.25) is 9.59 Å². The maximum Gasteiger partial charge on any atom is 0.253 e. The normalized spacial score (nSPS) is 10.4. The molecule has 132 valence electrons. The minimum Gasteiger partial charge on any atom is -0.345 e. The molecule has 0 bridgehead atoms. The second-order valence-electron chi connectivity index (χ2n) is 5.67. The molecule has 0 spiro atoms. The van der Waals surface area contributed by atoms with E-state index in [-0.39, 0.29) is 12.3 Å². The summed E-state index contributed by atoms with van der Waals surface area (Å²) in [6.45, 7) is 0. The van der Waals surface area contributed by atoms with Gasteiger partial charge >= 0.3 is 0 Å². The summed E-state index contributed by atoms with van der Waals surface area (Å²) in [5, 5.41) is 2.21. The van der Waals surface area contributed by atoms with Crippen molar-refractivity contribution in [1.82, 2.24) is 4.90 Å². The summed E-state index contributed by atoms with van der Waals surface area (Å²) < 4.78 is 39.5. The van der Waals surface area contributed by atoms with Gasteiger partial charge in [0.15, 0.2) is 17.5 Å². The molecule has 4 nitrogen and oxygen atoms in total. The predicted molar refractivity (Wildman–Crippen MR) is 87.7 cm³/mol. The van der Waals surface area contributed by atoms with Crippen molar-refractivity contribution in [2.75, 3.05) is 19.4 Å². The van der Waals surface area contributed by atoms with E-state index in [9.17, 15) is 22.8 Å². The number of anilines is 1. The van der Waals surface area contributed by atoms with Crippen LogP contribution in [0.15, 0.2) is 36.4 Å². The fourth-order valence-corrected chi connectivity index (χ4v) is 2.17. The molecule has 2 aromatic carbocycles. The van der Waals surface area contributed by atoms with E-state index in [2.05, 4.69) is 5.32 Å². The van der Waals surface area contributed by atoms with E-state index < -0.39 is 29.0 Å². The Morgan fingerprint density at radius 1 is 0.960 bits per heavy atom. The first-order valence-corrected chi connectivity index (χ1v) is 7.53. The molecule has 0 radical (unpaired) electrons. The Morgan fingerprint density at radius 2 is 1.60 bits per heavy atom. The van der Waals surface area contributed by atoms with Gasteiger partial charge in [-0.05, 0) is 36.2 Å². The van der Waals surface area contributed by atoms with Gasteiger partial charge in [0.25, 0.3) is 5.91 Å². The lowest BCUT2D eigenvalue weighted by molar-refractivity contribution is -0.116. The highest BCUT2D eigenvalue weighted by molar-refractivity contribution is 5.94. The number of nitrogens with zero attached hydrogens (tertiary/aromatic N) is 1. The van der Waals surface area contributed by atoms with E-state index in [1.807, 2.05) is 0 Å². The standard InChI is InChI=1S/C18H17F3N2O2/c1-23(2)18(25)12-6-3-11(4-7-12)5-10-15(24)22-14-9-8-13(19)16(20)17(14)21/h3-4,6-9H,5,10H2,1-2H3,(H,22,24). The Morgan fingerprint density at radius 3 is 2.20 bits per heavy atom. The molecular formula is C18H17F3N2O2. The highest BCUT2D eigenvalue weighted by Gasteiger charge is 2.15. The summed E-state index contributed by atoms with van der Waals surface area (Å²) in [5.74, 6) is -5.03. The first kappa shape index (κ1) is 18.5. The predicted octanol–water partition coefficient (Wildman–Crippen LogP) is 3.38. The summed E-state index contributed by atoms with van der Waals surface area (Å²) in [7, 11) is 3.30. The van der Waals surface area contributed by atoms with Crippen LogP contribution in [0.25, 0.3) is 0 Å². The highest BCUT2D eigenvalue weighted by atomic mass is 19.2. The Bertz CT molecular complexity index is 790. The van der Waals surface area contributed by atoms with Crippen LogP contribution >= 0.6 is 0 Å². The lowest BCUT2D eigenvalue weighted by atomic mass is 10.1. The van der Waals surface area contributed by atoms with Crippen LogP contribution < -0.4 is 5.32 Å². The SMILES string of the molecule is CN(C)C(=O)c1ccc(CCC(=O)Nc2ccc(F)c(F)c2F)cc1. The molecular weight excluding hydrogens is 333 g/mol. The van der Waals surface area contributed by atoms with Crippen LogP contribution in [-0.2, 0) is 11.2 Å². The van der Waals surface area contributed by atoms with Gasteiger partial charge in [0.1, 0.15) is 0 Å². The molecule has 1 N–H and O–H groups in total. The second kappa shape index (κ2) is 7.83. The number of hydrogen-bond donors (Lipinski definition) is 1. The number of carbonyl (C=O) groups excluding carboxylic acids is 2. The molecule has 0 atom stereocenters. The molecule has 0 fully saturated rings. The van der Waals surface area contributed by atoms with E-state index in [0.717, 1.165) is 17.7 Å². The van der Waals surface area contributed by atoms with Crippen LogP contribution in [0.1, 0.15) is 22.3 Å². The Balaban J connectivity index is 1.94. The number of hydrogen-bond acceptors (Lipinski definition) is 2. The molecule has 0 saturated heterocycles. The van der Waals surface area contributed by atoms with Gasteiger partial charge < -0.3 is 10.2 Å². The molecule has 0 aliphatic heterocycles. The van der Waals surface area contributed by atoms with Crippen molar-refractivity contribution in [2.45, 2.75) is 12.8 Å². The molecule has 2 amide bonds. The molecule has 2 aromatic rings. The van der Waals surface area contributed by atoms with E-state index in [4.69, 9.17) is 0 Å². The Hall–Kier alpha value is -2.83. The van der Waals surface area contributed by atoms with Crippen LogP contribution in [0, 0.1) is 17.5 Å². The zero-order valence-electron chi connectivity index (χ0n) is 13.8. The van der Waals surface area contributed by atoms with E-state index in [0.29, 0.717) is 12.0 Å². The first-order chi connectivity index (χ1) is 11.8. The van der Waals surface area contributed by atoms with Crippen LogP contribution in [-0.4, -0.2) is 30.8 Å². The quantitative estimate of drug-likeness (QED) is 0.841. The average molecular weight is 350 g/mol. The largest absolute Gasteiger partial charge is 0.345 e. The van der Waals surface area contributed by atoms with Gasteiger partial charge in [0.05, 0.1) is 5.69 Å². The number of rotatable bonds is 5. The van der Waals surface area contributed by atoms with Crippen LogP contribution in [0.5, 0.6) is 0 Å². The van der Waals surface area contributed by atoms with Gasteiger partial charge in [-0.2, -0.15) is 0 Å². The van der Waals surface area contributed by atoms with Gasteiger partial charge in [0, 0.05) is 26.1 Å². The van der Waals surface area contributed by atoms with Crippen molar-refractivity contribution >= 4 is 17.5 Å². The van der Waals surface area contributed by atoms with Crippen molar-refractivity contribution in [3.63, 3.8) is 0 Å². The third-order valence-corrected chi connectivity index (χ3v) is 3.56. The minimum absolute atomic E-state index is 0.0272. The molecule has 7 heteroatoms. The van der Waals surface area contributed by atoms with Crippen LogP contribution in [0.3, 0.4) is 0 Å². The number of carbonyl (C=O) groups is 2. The summed E-state index contributed by atoms with van der Waals surface area (Å²) >= 11 is 0. The van der Waals surface area contributed by atoms with E-state index >= 15 is 0 Å². The molecule has 25 heavy (non-hydrogen) atoms. The van der Waals surface area contributed by atoms with E-state index in [1.54, 1.807) is 38.4 Å². The maximum absolute atomic E-state index is 13.5. The molecule has 2 rings (SSSR count). The topological polar surface area (TPSA) is 49.4 Å². The second-order valence-corrected chi connectivity index (χ2v) is 5.67. The fourth-order valence-electron chi connectivity index (χ4n) is 2.17. The number of aryl methyl sites for hydroxylation is 1. The van der Waals surface area contributed by atoms with Crippen LogP contribution in [0.2, 0.25) is 0 Å². The summed E-state index contributed by atoms with van der Waals surface area (Å²) in [6.07, 6.45) is 0.382. The van der Waals surface area contributed by atoms with Crippen molar-refractivity contribution in [1.29, 1.82) is 0 Å². The maximum atomic E-state index is 13.5. The summed E-state index contributed by atoms with van der Waals surface area (Å²) in [5.41, 5.74) is 0.939. The lowest BCUT2D eigenvalue weighted by Crippen LogP contribution is -2.21. The van der Waals surface area contributed by atoms with Crippen LogP contribution in [0.4, 0.5) is 18.9 Å². The third kappa shape index (κ3) is 4.59. The number of amides is 2. The van der Waals surface area contributed by atoms with Crippen molar-refractivity contribution in [3.05, 3.63) is 65.0 Å². The summed E-state index contributed by atoms with van der Waals surface area (Å²) in [6, 6.07) is 8.47. The number of nitrogens with one attached hydrogen (secondary N) is 1. The minimum atomic E-state index is -1.63. The molecule has 0 aromatic heterocycles. The first-order valence-electron chi connectivity index (χ1n) is 7.53. The smallest absolute Gasteiger partial charge is 0.253 e. The van der Waals surface area contributed by atoms with Gasteiger partial charge in [-0.1, -0.05) is 12.1 Å². The third-order valence-electron chi connectivity index (χ3n) is 3.56. The molecule has 0 unspecified atom stereocenters. The molecule has 0 aliphatic rings. The lowest BCUT2D eigenvalue weighted by Gasteiger charge is -2.10. The monoisotopic (exact) mass is 350 g/mol. The van der Waals surface area contributed by atoms with Crippen molar-refractivity contribution < 1.29 is 22.8 Å². The van der Waals surface area contributed by atoms with Gasteiger partial charge in [-0.15, -0.1) is 0 Å². The number of halogens is 3. The van der Waals surface area contributed by atoms with Gasteiger partial charge in [-0.25, -0.2) is 13.2 Å². The summed E-state index contributed by atoms with van der Waals surface area (Å²) in [4.78, 5) is 25.1. The van der Waals surface area contributed by atoms with Gasteiger partial charge in [0.2, 0.25) is 5.91 Å². The Labute approximate surface area is 143 Å². The zero-order valence-corrected chi connectivity index (χ0v) is 13.8.